The lowest BCUT2D eigenvalue weighted by Gasteiger charge is -2.24. The summed E-state index contributed by atoms with van der Waals surface area (Å²) >= 11 is 0. The summed E-state index contributed by atoms with van der Waals surface area (Å²) in [4.78, 5) is 0. The molecule has 0 fully saturated rings. The Morgan fingerprint density at radius 2 is 1.58 bits per heavy atom. The van der Waals surface area contributed by atoms with Crippen LogP contribution in [0.1, 0.15) is 79.4 Å². The number of unbranched alkanes of at least 4 members (excludes halogenated alkanes) is 1. The van der Waals surface area contributed by atoms with Crippen molar-refractivity contribution in [2.24, 2.45) is 5.41 Å². The van der Waals surface area contributed by atoms with Crippen molar-refractivity contribution in [2.45, 2.75) is 80.8 Å². The second-order valence-corrected chi connectivity index (χ2v) is 10.7. The Morgan fingerprint density at radius 1 is 0.974 bits per heavy atom. The van der Waals surface area contributed by atoms with E-state index in [-0.39, 0.29) is 11.5 Å². The fourth-order valence-corrected chi connectivity index (χ4v) is 3.75. The summed E-state index contributed by atoms with van der Waals surface area (Å²) < 4.78 is 11.9. The molecule has 2 aromatic rings. The van der Waals surface area contributed by atoms with Gasteiger partial charge in [0.2, 0.25) is 0 Å². The highest BCUT2D eigenvalue weighted by atomic mass is 16.5. The third kappa shape index (κ3) is 12.0. The van der Waals surface area contributed by atoms with Gasteiger partial charge in [0.05, 0.1) is 19.8 Å². The van der Waals surface area contributed by atoms with Crippen molar-refractivity contribution in [3.8, 4) is 5.75 Å². The Hall–Kier alpha value is -3.06. The molecule has 0 radical (unpaired) electrons. The van der Waals surface area contributed by atoms with E-state index in [9.17, 15) is 0 Å². The van der Waals surface area contributed by atoms with Gasteiger partial charge in [-0.1, -0.05) is 120 Å². The standard InChI is InChI=1S/C32H40O2.C4H10/c1-9-27(29-17-13-14-18-31(29)33-8)19-20-28(24(2)3)30(23-32(5,6)7)25(4)34-22-21-26-15-11-10-12-16-26;1-3-4-2/h9-18,20,23,25H,1,21-22H2,2-8H3;3-4H2,1-2H3/b30-23-;. The lowest BCUT2D eigenvalue weighted by Crippen LogP contribution is -2.18. The molecule has 0 amide bonds. The number of ether oxygens (including phenoxy) is 2. The van der Waals surface area contributed by atoms with Gasteiger partial charge in [-0.15, -0.1) is 5.73 Å². The Balaban J connectivity index is 0.00000168. The summed E-state index contributed by atoms with van der Waals surface area (Å²) in [5.41, 5.74) is 10.2. The third-order valence-corrected chi connectivity index (χ3v) is 5.95. The second kappa shape index (κ2) is 17.4. The maximum atomic E-state index is 6.34. The van der Waals surface area contributed by atoms with Crippen LogP contribution >= 0.6 is 0 Å². The molecule has 206 valence electrons. The summed E-state index contributed by atoms with van der Waals surface area (Å²) in [7, 11) is 1.68. The highest BCUT2D eigenvalue weighted by Crippen LogP contribution is 2.30. The topological polar surface area (TPSA) is 18.5 Å². The van der Waals surface area contributed by atoms with Crippen molar-refractivity contribution in [1.29, 1.82) is 0 Å². The summed E-state index contributed by atoms with van der Waals surface area (Å²) in [6.45, 7) is 22.1. The van der Waals surface area contributed by atoms with Gasteiger partial charge in [-0.25, -0.2) is 0 Å². The lowest BCUT2D eigenvalue weighted by molar-refractivity contribution is 0.0931. The first-order valence-corrected chi connectivity index (χ1v) is 13.9. The Bertz CT molecular complexity index is 1100. The van der Waals surface area contributed by atoms with Crippen LogP contribution in [-0.4, -0.2) is 19.8 Å². The van der Waals surface area contributed by atoms with E-state index in [1.165, 1.54) is 29.6 Å². The molecule has 1 atom stereocenters. The van der Waals surface area contributed by atoms with Gasteiger partial charge in [0.15, 0.2) is 0 Å². The van der Waals surface area contributed by atoms with Gasteiger partial charge in [0.25, 0.3) is 0 Å². The number of para-hydroxylation sites is 1. The summed E-state index contributed by atoms with van der Waals surface area (Å²) in [6.07, 6.45) is 9.68. The maximum Gasteiger partial charge on any atom is 0.127 e. The number of allylic oxidation sites excluding steroid dienone is 4. The molecular weight excluding hydrogens is 464 g/mol. The molecule has 2 nitrogen and oxygen atoms in total. The van der Waals surface area contributed by atoms with E-state index in [1.54, 1.807) is 7.11 Å². The molecule has 2 aromatic carbocycles. The molecular formula is C36H50O2. The first kappa shape index (κ1) is 33.0. The molecule has 0 aliphatic rings. The van der Waals surface area contributed by atoms with Crippen LogP contribution < -0.4 is 4.74 Å². The van der Waals surface area contributed by atoms with E-state index in [0.29, 0.717) is 6.61 Å². The molecule has 0 N–H and O–H groups in total. The lowest BCUT2D eigenvalue weighted by atomic mass is 9.87. The minimum absolute atomic E-state index is 0.00849. The van der Waals surface area contributed by atoms with Crippen molar-refractivity contribution in [2.75, 3.05) is 13.7 Å². The van der Waals surface area contributed by atoms with Crippen LogP contribution in [0.5, 0.6) is 5.75 Å². The molecule has 0 aliphatic carbocycles. The molecule has 0 bridgehead atoms. The van der Waals surface area contributed by atoms with E-state index in [0.717, 1.165) is 28.9 Å². The number of benzene rings is 2. The minimum atomic E-state index is -0.0515. The molecule has 0 heterocycles. The molecule has 38 heavy (non-hydrogen) atoms. The van der Waals surface area contributed by atoms with Gasteiger partial charge in [-0.05, 0) is 61.5 Å². The summed E-state index contributed by atoms with van der Waals surface area (Å²) in [5.74, 6) is 0.806. The van der Waals surface area contributed by atoms with Crippen LogP contribution in [0.15, 0.2) is 102 Å². The molecule has 0 aliphatic heterocycles. The smallest absolute Gasteiger partial charge is 0.127 e. The highest BCUT2D eigenvalue weighted by Gasteiger charge is 2.18. The Kier molecular flexibility index (Phi) is 15.1. The van der Waals surface area contributed by atoms with Crippen molar-refractivity contribution >= 4 is 5.57 Å². The maximum absolute atomic E-state index is 6.34. The van der Waals surface area contributed by atoms with Crippen LogP contribution in [0, 0.1) is 5.41 Å². The zero-order chi connectivity index (χ0) is 28.6. The van der Waals surface area contributed by atoms with Gasteiger partial charge < -0.3 is 9.47 Å². The Labute approximate surface area is 233 Å². The van der Waals surface area contributed by atoms with Crippen LogP contribution in [0.25, 0.3) is 5.57 Å². The van der Waals surface area contributed by atoms with Crippen molar-refractivity contribution < 1.29 is 9.47 Å². The number of methoxy groups -OCH3 is 1. The predicted octanol–water partition coefficient (Wildman–Crippen LogP) is 10.2. The van der Waals surface area contributed by atoms with Crippen LogP contribution in [0.4, 0.5) is 0 Å². The summed E-state index contributed by atoms with van der Waals surface area (Å²) in [6, 6.07) is 18.4. The Morgan fingerprint density at radius 3 is 2.11 bits per heavy atom. The van der Waals surface area contributed by atoms with Crippen LogP contribution in [0.2, 0.25) is 0 Å². The molecule has 0 spiro atoms. The first-order chi connectivity index (χ1) is 18.1. The molecule has 1 unspecified atom stereocenters. The summed E-state index contributed by atoms with van der Waals surface area (Å²) in [5, 5.41) is 0. The van der Waals surface area contributed by atoms with Crippen LogP contribution in [0.3, 0.4) is 0 Å². The molecule has 0 aromatic heterocycles. The average Bonchev–Trinajstić information content (AvgIpc) is 2.90. The first-order valence-electron chi connectivity index (χ1n) is 13.9. The van der Waals surface area contributed by atoms with Crippen LogP contribution in [-0.2, 0) is 11.2 Å². The zero-order valence-electron chi connectivity index (χ0n) is 25.4. The quantitative estimate of drug-likeness (QED) is 0.219. The van der Waals surface area contributed by atoms with E-state index < -0.39 is 0 Å². The van der Waals surface area contributed by atoms with E-state index in [1.807, 2.05) is 36.4 Å². The van der Waals surface area contributed by atoms with Crippen molar-refractivity contribution in [1.82, 2.24) is 0 Å². The monoisotopic (exact) mass is 514 g/mol. The second-order valence-electron chi connectivity index (χ2n) is 10.7. The van der Waals surface area contributed by atoms with Crippen molar-refractivity contribution in [3.63, 3.8) is 0 Å². The molecule has 0 saturated heterocycles. The fraction of sp³-hybridized carbons (Fsp3) is 0.417. The van der Waals surface area contributed by atoms with Gasteiger partial charge >= 0.3 is 0 Å². The number of rotatable bonds is 11. The van der Waals surface area contributed by atoms with Gasteiger partial charge in [-0.2, -0.15) is 0 Å². The molecule has 2 heteroatoms. The zero-order valence-corrected chi connectivity index (χ0v) is 25.4. The average molecular weight is 515 g/mol. The normalized spacial score (nSPS) is 11.9. The van der Waals surface area contributed by atoms with E-state index in [4.69, 9.17) is 9.47 Å². The van der Waals surface area contributed by atoms with E-state index in [2.05, 4.69) is 104 Å². The number of hydrogen-bond acceptors (Lipinski definition) is 2. The van der Waals surface area contributed by atoms with Gasteiger partial charge in [-0.3, -0.25) is 0 Å². The minimum Gasteiger partial charge on any atom is -0.496 e. The molecule has 0 saturated carbocycles. The third-order valence-electron chi connectivity index (χ3n) is 5.95. The van der Waals surface area contributed by atoms with E-state index >= 15 is 0 Å². The largest absolute Gasteiger partial charge is 0.496 e. The van der Waals surface area contributed by atoms with Gasteiger partial charge in [0, 0.05) is 11.1 Å². The SMILES string of the molecule is C=CC(=C=CC(=C(C)C)/C(=C\C(C)(C)C)C(C)OCCc1ccccc1)c1ccccc1OC.CCCC. The van der Waals surface area contributed by atoms with Crippen molar-refractivity contribution in [3.05, 3.63) is 113 Å². The highest BCUT2D eigenvalue weighted by molar-refractivity contribution is 5.77. The van der Waals surface area contributed by atoms with Gasteiger partial charge in [0.1, 0.15) is 5.75 Å². The molecule has 2 rings (SSSR count). The number of hydrogen-bond donors (Lipinski definition) is 0. The fourth-order valence-electron chi connectivity index (χ4n) is 3.75. The predicted molar refractivity (Wildman–Crippen MR) is 167 cm³/mol.